The van der Waals surface area contributed by atoms with Gasteiger partial charge in [-0.25, -0.2) is 4.79 Å². The van der Waals surface area contributed by atoms with Crippen LogP contribution in [0.15, 0.2) is 54.6 Å². The van der Waals surface area contributed by atoms with Gasteiger partial charge in [-0.15, -0.1) is 0 Å². The largest absolute Gasteiger partial charge is 0.462 e. The molecule has 168 valence electrons. The van der Waals surface area contributed by atoms with E-state index in [9.17, 15) is 19.2 Å². The zero-order valence-corrected chi connectivity index (χ0v) is 18.2. The van der Waals surface area contributed by atoms with Gasteiger partial charge in [0.15, 0.2) is 0 Å². The Morgan fingerprint density at radius 1 is 1.06 bits per heavy atom. The molecule has 1 aliphatic heterocycles. The number of hydrogen-bond acceptors (Lipinski definition) is 5. The number of aryl methyl sites for hydroxylation is 2. The van der Waals surface area contributed by atoms with E-state index in [1.165, 1.54) is 0 Å². The van der Waals surface area contributed by atoms with Crippen LogP contribution in [0, 0.1) is 6.92 Å². The number of esters is 1. The summed E-state index contributed by atoms with van der Waals surface area (Å²) in [5.41, 5.74) is 1.64. The first-order valence-corrected chi connectivity index (χ1v) is 10.5. The predicted molar refractivity (Wildman–Crippen MR) is 118 cm³/mol. The Bertz CT molecular complexity index is 990. The lowest BCUT2D eigenvalue weighted by molar-refractivity contribution is -0.147. The Kier molecular flexibility index (Phi) is 7.25. The average Bonchev–Trinajstić information content (AvgIpc) is 3.01. The van der Waals surface area contributed by atoms with Gasteiger partial charge in [0.2, 0.25) is 5.91 Å². The van der Waals surface area contributed by atoms with E-state index in [0.717, 1.165) is 16.0 Å². The van der Waals surface area contributed by atoms with Gasteiger partial charge in [-0.05, 0) is 31.4 Å². The van der Waals surface area contributed by atoms with Gasteiger partial charge < -0.3 is 15.4 Å². The Morgan fingerprint density at radius 2 is 1.75 bits per heavy atom. The molecule has 1 aliphatic rings. The van der Waals surface area contributed by atoms with Gasteiger partial charge in [-0.2, -0.15) is 0 Å². The van der Waals surface area contributed by atoms with Crippen molar-refractivity contribution in [2.24, 2.45) is 0 Å². The molecule has 8 nitrogen and oxygen atoms in total. The summed E-state index contributed by atoms with van der Waals surface area (Å²) in [6.45, 7) is 3.22. The molecule has 2 aromatic carbocycles. The first-order valence-electron chi connectivity index (χ1n) is 10.5. The molecular formula is C24H27N3O5. The number of amides is 4. The van der Waals surface area contributed by atoms with Crippen molar-refractivity contribution in [2.75, 3.05) is 19.7 Å². The second-order valence-corrected chi connectivity index (χ2v) is 7.87. The van der Waals surface area contributed by atoms with Gasteiger partial charge in [0.05, 0.1) is 6.54 Å². The van der Waals surface area contributed by atoms with Crippen molar-refractivity contribution in [3.05, 3.63) is 71.3 Å². The molecule has 0 aliphatic carbocycles. The maximum atomic E-state index is 12.8. The summed E-state index contributed by atoms with van der Waals surface area (Å²) in [5.74, 6) is -1.39. The molecule has 1 saturated heterocycles. The van der Waals surface area contributed by atoms with Crippen molar-refractivity contribution in [2.45, 2.75) is 32.2 Å². The topological polar surface area (TPSA) is 105 Å². The molecule has 0 spiro atoms. The molecule has 0 saturated carbocycles. The van der Waals surface area contributed by atoms with E-state index < -0.39 is 30.0 Å². The Labute approximate surface area is 186 Å². The van der Waals surface area contributed by atoms with Crippen LogP contribution in [0.3, 0.4) is 0 Å². The highest BCUT2D eigenvalue weighted by molar-refractivity contribution is 6.08. The minimum absolute atomic E-state index is 0.0469. The summed E-state index contributed by atoms with van der Waals surface area (Å²) in [6, 6.07) is 16.2. The fraction of sp³-hybridized carbons (Fsp3) is 0.333. The molecule has 2 N–H and O–H groups in total. The van der Waals surface area contributed by atoms with Gasteiger partial charge in [-0.1, -0.05) is 60.2 Å². The van der Waals surface area contributed by atoms with Crippen molar-refractivity contribution < 1.29 is 23.9 Å². The van der Waals surface area contributed by atoms with Gasteiger partial charge in [0.25, 0.3) is 5.91 Å². The molecule has 8 heteroatoms. The van der Waals surface area contributed by atoms with Crippen LogP contribution >= 0.6 is 0 Å². The summed E-state index contributed by atoms with van der Waals surface area (Å²) >= 11 is 0. The number of carbonyl (C=O) groups is 4. The van der Waals surface area contributed by atoms with E-state index in [0.29, 0.717) is 18.4 Å². The second-order valence-electron chi connectivity index (χ2n) is 7.87. The number of nitrogens with one attached hydrogen (secondary N) is 2. The number of rotatable bonds is 9. The average molecular weight is 437 g/mol. The Morgan fingerprint density at radius 3 is 2.44 bits per heavy atom. The van der Waals surface area contributed by atoms with Crippen molar-refractivity contribution >= 4 is 23.8 Å². The molecule has 0 aromatic heterocycles. The first-order chi connectivity index (χ1) is 15.3. The van der Waals surface area contributed by atoms with E-state index in [1.807, 2.05) is 37.3 Å². The highest BCUT2D eigenvalue weighted by Gasteiger charge is 2.49. The minimum atomic E-state index is -1.23. The summed E-state index contributed by atoms with van der Waals surface area (Å²) in [6.07, 6.45) is 0.954. The highest BCUT2D eigenvalue weighted by atomic mass is 16.5. The number of urea groups is 1. The molecule has 0 radical (unpaired) electrons. The SMILES string of the molecule is Cc1ccc(CCC(=O)NCCOC(=O)CN2C(=O)NC(C)(c3ccccc3)C2=O)cc1. The molecule has 1 atom stereocenters. The summed E-state index contributed by atoms with van der Waals surface area (Å²) < 4.78 is 5.07. The van der Waals surface area contributed by atoms with E-state index in [2.05, 4.69) is 10.6 Å². The van der Waals surface area contributed by atoms with E-state index in [4.69, 9.17) is 4.74 Å². The van der Waals surface area contributed by atoms with Crippen LogP contribution < -0.4 is 10.6 Å². The van der Waals surface area contributed by atoms with Crippen LogP contribution in [-0.4, -0.2) is 48.4 Å². The van der Waals surface area contributed by atoms with Gasteiger partial charge in [0.1, 0.15) is 18.7 Å². The highest BCUT2D eigenvalue weighted by Crippen LogP contribution is 2.28. The minimum Gasteiger partial charge on any atom is -0.462 e. The van der Waals surface area contributed by atoms with Gasteiger partial charge in [-0.3, -0.25) is 19.3 Å². The number of nitrogens with zero attached hydrogens (tertiary/aromatic N) is 1. The lowest BCUT2D eigenvalue weighted by atomic mass is 9.92. The van der Waals surface area contributed by atoms with Crippen LogP contribution in [0.4, 0.5) is 4.79 Å². The molecule has 3 rings (SSSR count). The Hall–Kier alpha value is -3.68. The van der Waals surface area contributed by atoms with Crippen molar-refractivity contribution in [1.82, 2.24) is 15.5 Å². The van der Waals surface area contributed by atoms with E-state index >= 15 is 0 Å². The maximum Gasteiger partial charge on any atom is 0.326 e. The smallest absolute Gasteiger partial charge is 0.326 e. The van der Waals surface area contributed by atoms with Crippen LogP contribution in [0.5, 0.6) is 0 Å². The third-order valence-electron chi connectivity index (χ3n) is 5.36. The predicted octanol–water partition coefficient (Wildman–Crippen LogP) is 2.05. The molecule has 1 heterocycles. The number of imide groups is 1. The summed E-state index contributed by atoms with van der Waals surface area (Å²) in [4.78, 5) is 49.9. The molecule has 2 aromatic rings. The van der Waals surface area contributed by atoms with Crippen LogP contribution in [0.2, 0.25) is 0 Å². The summed E-state index contributed by atoms with van der Waals surface area (Å²) in [5, 5.41) is 5.33. The molecule has 4 amide bonds. The standard InChI is InChI=1S/C24H27N3O5/c1-17-8-10-18(11-9-17)12-13-20(28)25-14-15-32-21(29)16-27-22(30)24(2,26-23(27)31)19-6-4-3-5-7-19/h3-11H,12-16H2,1-2H3,(H,25,28)(H,26,31). The van der Waals surface area contributed by atoms with Crippen molar-refractivity contribution in [1.29, 1.82) is 0 Å². The fourth-order valence-corrected chi connectivity index (χ4v) is 3.44. The number of ether oxygens (including phenoxy) is 1. The van der Waals surface area contributed by atoms with E-state index in [-0.39, 0.29) is 19.1 Å². The number of benzene rings is 2. The summed E-state index contributed by atoms with van der Waals surface area (Å²) in [7, 11) is 0. The van der Waals surface area contributed by atoms with Crippen LogP contribution in [-0.2, 0) is 31.1 Å². The Balaban J connectivity index is 1.39. The number of hydrogen-bond donors (Lipinski definition) is 2. The monoisotopic (exact) mass is 437 g/mol. The zero-order chi connectivity index (χ0) is 23.1. The van der Waals surface area contributed by atoms with Gasteiger partial charge in [0, 0.05) is 6.42 Å². The molecule has 1 fully saturated rings. The molecular weight excluding hydrogens is 410 g/mol. The first kappa shape index (κ1) is 23.0. The zero-order valence-electron chi connectivity index (χ0n) is 18.2. The quantitative estimate of drug-likeness (QED) is 0.355. The number of carbonyl (C=O) groups excluding carboxylic acids is 4. The maximum absolute atomic E-state index is 12.8. The molecule has 32 heavy (non-hydrogen) atoms. The fourth-order valence-electron chi connectivity index (χ4n) is 3.44. The van der Waals surface area contributed by atoms with Crippen LogP contribution in [0.25, 0.3) is 0 Å². The third kappa shape index (κ3) is 5.51. The lowest BCUT2D eigenvalue weighted by Gasteiger charge is -2.21. The van der Waals surface area contributed by atoms with Crippen molar-refractivity contribution in [3.8, 4) is 0 Å². The van der Waals surface area contributed by atoms with Gasteiger partial charge >= 0.3 is 12.0 Å². The molecule has 0 bridgehead atoms. The third-order valence-corrected chi connectivity index (χ3v) is 5.36. The van der Waals surface area contributed by atoms with E-state index in [1.54, 1.807) is 31.2 Å². The van der Waals surface area contributed by atoms with Crippen molar-refractivity contribution in [3.63, 3.8) is 0 Å². The molecule has 1 unspecified atom stereocenters. The normalized spacial score (nSPS) is 17.8. The second kappa shape index (κ2) is 10.1. The van der Waals surface area contributed by atoms with Crippen LogP contribution in [0.1, 0.15) is 30.0 Å². The lowest BCUT2D eigenvalue weighted by Crippen LogP contribution is -2.41.